The lowest BCUT2D eigenvalue weighted by molar-refractivity contribution is 0.0952. The van der Waals surface area contributed by atoms with Crippen LogP contribution in [0.5, 0.6) is 0 Å². The first-order chi connectivity index (χ1) is 7.91. The lowest BCUT2D eigenvalue weighted by atomic mass is 10.1. The number of hydrogen-bond acceptors (Lipinski definition) is 3. The summed E-state index contributed by atoms with van der Waals surface area (Å²) >= 11 is 0. The molecule has 0 aliphatic carbocycles. The van der Waals surface area contributed by atoms with E-state index in [2.05, 4.69) is 5.32 Å². The molecule has 0 aliphatic rings. The van der Waals surface area contributed by atoms with Crippen LogP contribution in [0, 0.1) is 12.7 Å². The second kappa shape index (κ2) is 5.77. The number of halogens is 1. The molecule has 0 aliphatic heterocycles. The van der Waals surface area contributed by atoms with Crippen LogP contribution in [0.25, 0.3) is 0 Å². The fourth-order valence-corrected chi connectivity index (χ4v) is 1.76. The first-order valence-corrected chi connectivity index (χ1v) is 6.78. The molecule has 0 aromatic heterocycles. The molecule has 1 aromatic rings. The summed E-state index contributed by atoms with van der Waals surface area (Å²) in [6, 6.07) is 2.76. The van der Waals surface area contributed by atoms with Crippen molar-refractivity contribution in [3.05, 3.63) is 29.1 Å². The molecule has 6 heteroatoms. The van der Waals surface area contributed by atoms with Crippen LogP contribution in [0.4, 0.5) is 10.1 Å². The number of carbonyl (C=O) groups is 1. The van der Waals surface area contributed by atoms with E-state index in [0.717, 1.165) is 0 Å². The van der Waals surface area contributed by atoms with Gasteiger partial charge in [0, 0.05) is 35.0 Å². The van der Waals surface area contributed by atoms with Crippen LogP contribution < -0.4 is 11.1 Å². The van der Waals surface area contributed by atoms with Crippen LogP contribution in [0.2, 0.25) is 0 Å². The maximum Gasteiger partial charge on any atom is 0.254 e. The van der Waals surface area contributed by atoms with Crippen molar-refractivity contribution in [1.29, 1.82) is 0 Å². The van der Waals surface area contributed by atoms with Crippen molar-refractivity contribution in [2.75, 3.05) is 24.3 Å². The Kier molecular flexibility index (Phi) is 4.62. The number of amides is 1. The molecule has 1 atom stereocenters. The number of rotatable bonds is 4. The molecular formula is C11H15FN2O2S. The first kappa shape index (κ1) is 13.6. The number of carbonyl (C=O) groups excluding carboxylic acids is 1. The molecule has 0 bridgehead atoms. The Balaban J connectivity index is 2.78. The fraction of sp³-hybridized carbons (Fsp3) is 0.364. The third-order valence-corrected chi connectivity index (χ3v) is 2.98. The Labute approximate surface area is 102 Å². The normalized spacial score (nSPS) is 12.2. The summed E-state index contributed by atoms with van der Waals surface area (Å²) in [4.78, 5) is 11.6. The fourth-order valence-electron chi connectivity index (χ4n) is 1.37. The molecule has 1 amide bonds. The summed E-state index contributed by atoms with van der Waals surface area (Å²) in [5.74, 6) is -0.771. The summed E-state index contributed by atoms with van der Waals surface area (Å²) in [7, 11) is -0.986. The van der Waals surface area contributed by atoms with Crippen molar-refractivity contribution >= 4 is 22.4 Å². The number of nitrogen functional groups attached to an aromatic ring is 1. The number of nitrogens with one attached hydrogen (secondary N) is 1. The predicted molar refractivity (Wildman–Crippen MR) is 66.8 cm³/mol. The van der Waals surface area contributed by atoms with Crippen molar-refractivity contribution in [1.82, 2.24) is 5.32 Å². The smallest absolute Gasteiger partial charge is 0.254 e. The molecule has 94 valence electrons. The molecule has 0 heterocycles. The van der Waals surface area contributed by atoms with Crippen LogP contribution >= 0.6 is 0 Å². The van der Waals surface area contributed by atoms with Gasteiger partial charge in [0.05, 0.1) is 5.56 Å². The maximum absolute atomic E-state index is 13.6. The zero-order valence-electron chi connectivity index (χ0n) is 9.75. The highest BCUT2D eigenvalue weighted by Crippen LogP contribution is 2.16. The topological polar surface area (TPSA) is 72.2 Å². The molecule has 0 saturated heterocycles. The standard InChI is InChI=1S/C11H15FN2O2S/c1-7-5-8(13)6-9(10(7)12)11(15)14-3-4-17(2)16/h5-6H,3-4,13H2,1-2H3,(H,14,15). The van der Waals surface area contributed by atoms with Crippen molar-refractivity contribution in [3.63, 3.8) is 0 Å². The molecule has 0 fully saturated rings. The van der Waals surface area contributed by atoms with Gasteiger partial charge < -0.3 is 11.1 Å². The van der Waals surface area contributed by atoms with Crippen LogP contribution in [0.1, 0.15) is 15.9 Å². The van der Waals surface area contributed by atoms with Gasteiger partial charge in [-0.05, 0) is 24.6 Å². The second-order valence-corrected chi connectivity index (χ2v) is 5.29. The van der Waals surface area contributed by atoms with E-state index < -0.39 is 22.5 Å². The van der Waals surface area contributed by atoms with E-state index in [4.69, 9.17) is 5.73 Å². The average molecular weight is 258 g/mol. The van der Waals surface area contributed by atoms with E-state index in [1.165, 1.54) is 18.4 Å². The molecule has 1 rings (SSSR count). The first-order valence-electron chi connectivity index (χ1n) is 5.05. The zero-order chi connectivity index (χ0) is 13.0. The highest BCUT2D eigenvalue weighted by Gasteiger charge is 2.14. The Morgan fingerprint density at radius 2 is 2.18 bits per heavy atom. The summed E-state index contributed by atoms with van der Waals surface area (Å²) < 4.78 is 24.4. The quantitative estimate of drug-likeness (QED) is 0.786. The molecule has 1 unspecified atom stereocenters. The van der Waals surface area contributed by atoms with Gasteiger partial charge in [0.25, 0.3) is 5.91 Å². The van der Waals surface area contributed by atoms with Gasteiger partial charge in [-0.2, -0.15) is 0 Å². The van der Waals surface area contributed by atoms with Gasteiger partial charge in [-0.1, -0.05) is 0 Å². The van der Waals surface area contributed by atoms with Gasteiger partial charge in [-0.15, -0.1) is 0 Å². The monoisotopic (exact) mass is 258 g/mol. The van der Waals surface area contributed by atoms with Crippen molar-refractivity contribution in [3.8, 4) is 0 Å². The van der Waals surface area contributed by atoms with Crippen LogP contribution in [0.3, 0.4) is 0 Å². The van der Waals surface area contributed by atoms with Gasteiger partial charge in [-0.25, -0.2) is 4.39 Å². The molecule has 4 nitrogen and oxygen atoms in total. The summed E-state index contributed by atoms with van der Waals surface area (Å²) in [5.41, 5.74) is 6.14. The van der Waals surface area contributed by atoms with Crippen molar-refractivity contribution in [2.45, 2.75) is 6.92 Å². The number of nitrogens with two attached hydrogens (primary N) is 1. The molecular weight excluding hydrogens is 243 g/mol. The van der Waals surface area contributed by atoms with Crippen LogP contribution in [-0.2, 0) is 10.8 Å². The Morgan fingerprint density at radius 1 is 1.53 bits per heavy atom. The minimum atomic E-state index is -0.986. The van der Waals surface area contributed by atoms with Gasteiger partial charge in [-0.3, -0.25) is 9.00 Å². The summed E-state index contributed by atoms with van der Waals surface area (Å²) in [6.45, 7) is 1.79. The third kappa shape index (κ3) is 3.81. The third-order valence-electron chi connectivity index (χ3n) is 2.20. The van der Waals surface area contributed by atoms with Gasteiger partial charge >= 0.3 is 0 Å². The van der Waals surface area contributed by atoms with E-state index in [1.54, 1.807) is 6.92 Å². The lowest BCUT2D eigenvalue weighted by Crippen LogP contribution is -2.28. The molecule has 0 radical (unpaired) electrons. The molecule has 3 N–H and O–H groups in total. The molecule has 0 saturated carbocycles. The van der Waals surface area contributed by atoms with E-state index in [0.29, 0.717) is 17.0 Å². The van der Waals surface area contributed by atoms with Crippen molar-refractivity contribution in [2.24, 2.45) is 0 Å². The number of hydrogen-bond donors (Lipinski definition) is 2. The van der Waals surface area contributed by atoms with E-state index >= 15 is 0 Å². The summed E-state index contributed by atoms with van der Waals surface area (Å²) in [6.07, 6.45) is 1.54. The average Bonchev–Trinajstić information content (AvgIpc) is 2.22. The van der Waals surface area contributed by atoms with Gasteiger partial charge in [0.1, 0.15) is 5.82 Å². The molecule has 17 heavy (non-hydrogen) atoms. The van der Waals surface area contributed by atoms with Gasteiger partial charge in [0.2, 0.25) is 0 Å². The minimum Gasteiger partial charge on any atom is -0.399 e. The number of benzene rings is 1. The highest BCUT2D eigenvalue weighted by atomic mass is 32.2. The molecule has 0 spiro atoms. The molecule has 1 aromatic carbocycles. The Bertz CT molecular complexity index is 463. The van der Waals surface area contributed by atoms with Crippen molar-refractivity contribution < 1.29 is 13.4 Å². The largest absolute Gasteiger partial charge is 0.399 e. The van der Waals surface area contributed by atoms with Crippen LogP contribution in [-0.4, -0.2) is 28.7 Å². The highest BCUT2D eigenvalue weighted by molar-refractivity contribution is 7.84. The van der Waals surface area contributed by atoms with E-state index in [-0.39, 0.29) is 12.1 Å². The summed E-state index contributed by atoms with van der Waals surface area (Å²) in [5, 5.41) is 2.50. The minimum absolute atomic E-state index is 0.0793. The zero-order valence-corrected chi connectivity index (χ0v) is 10.6. The van der Waals surface area contributed by atoms with E-state index in [1.807, 2.05) is 0 Å². The second-order valence-electron chi connectivity index (χ2n) is 3.73. The number of aryl methyl sites for hydroxylation is 1. The lowest BCUT2D eigenvalue weighted by Gasteiger charge is -2.08. The van der Waals surface area contributed by atoms with Crippen LogP contribution in [0.15, 0.2) is 12.1 Å². The Hall–Kier alpha value is -1.43. The predicted octanol–water partition coefficient (Wildman–Crippen LogP) is 0.825. The Morgan fingerprint density at radius 3 is 2.76 bits per heavy atom. The maximum atomic E-state index is 13.6. The number of anilines is 1. The van der Waals surface area contributed by atoms with Gasteiger partial charge in [0.15, 0.2) is 0 Å². The SMILES string of the molecule is Cc1cc(N)cc(C(=O)NCCS(C)=O)c1F. The van der Waals surface area contributed by atoms with E-state index in [9.17, 15) is 13.4 Å².